The Balaban J connectivity index is 1.48. The predicted octanol–water partition coefficient (Wildman–Crippen LogP) is 2.71. The van der Waals surface area contributed by atoms with Crippen molar-refractivity contribution in [2.24, 2.45) is 0 Å². The number of anilines is 2. The first-order valence-corrected chi connectivity index (χ1v) is 9.72. The number of ether oxygens (including phenoxy) is 1. The molecule has 1 heterocycles. The first-order valence-electron chi connectivity index (χ1n) is 9.31. The summed E-state index contributed by atoms with van der Waals surface area (Å²) in [5.74, 6) is -0.0206. The maximum atomic E-state index is 11.9. The van der Waals surface area contributed by atoms with Crippen LogP contribution in [0.15, 0.2) is 48.5 Å². The van der Waals surface area contributed by atoms with Gasteiger partial charge in [-0.2, -0.15) is 0 Å². The minimum Gasteiger partial charge on any atom is -0.378 e. The van der Waals surface area contributed by atoms with Gasteiger partial charge in [0.25, 0.3) is 5.91 Å². The quantitative estimate of drug-likeness (QED) is 0.756. The first-order chi connectivity index (χ1) is 13.5. The molecule has 3 rings (SSSR count). The Hall–Kier alpha value is -2.64. The molecule has 148 valence electrons. The van der Waals surface area contributed by atoms with Gasteiger partial charge in [0.05, 0.1) is 13.2 Å². The van der Waals surface area contributed by atoms with E-state index >= 15 is 0 Å². The van der Waals surface area contributed by atoms with Crippen molar-refractivity contribution in [2.75, 3.05) is 50.6 Å². The molecule has 0 aromatic heterocycles. The van der Waals surface area contributed by atoms with E-state index in [1.165, 1.54) is 5.69 Å². The second-order valence-electron chi connectivity index (χ2n) is 6.85. The van der Waals surface area contributed by atoms with Gasteiger partial charge < -0.3 is 25.2 Å². The molecule has 2 N–H and O–H groups in total. The zero-order valence-corrected chi connectivity index (χ0v) is 17.1. The number of amides is 1. The van der Waals surface area contributed by atoms with E-state index in [1.54, 1.807) is 31.1 Å². The van der Waals surface area contributed by atoms with Crippen LogP contribution in [0.1, 0.15) is 15.9 Å². The molecule has 2 aromatic rings. The highest BCUT2D eigenvalue weighted by Crippen LogP contribution is 2.17. The lowest BCUT2D eigenvalue weighted by atomic mass is 10.2. The average Bonchev–Trinajstić information content (AvgIpc) is 2.73. The van der Waals surface area contributed by atoms with Crippen molar-refractivity contribution >= 4 is 34.6 Å². The van der Waals surface area contributed by atoms with Gasteiger partial charge in [-0.1, -0.05) is 12.1 Å². The summed E-state index contributed by atoms with van der Waals surface area (Å²) in [6.07, 6.45) is 0. The van der Waals surface area contributed by atoms with Gasteiger partial charge in [-0.05, 0) is 54.2 Å². The number of morpholine rings is 1. The van der Waals surface area contributed by atoms with E-state index in [-0.39, 0.29) is 5.91 Å². The fourth-order valence-electron chi connectivity index (χ4n) is 2.96. The fourth-order valence-corrected chi connectivity index (χ4v) is 3.15. The van der Waals surface area contributed by atoms with E-state index < -0.39 is 0 Å². The SMILES string of the molecule is CN(C)C(=O)c1ccc(NC(=S)NCc2ccc(N3CCOCC3)cc2)cc1. The Labute approximate surface area is 171 Å². The number of hydrogen-bond donors (Lipinski definition) is 2. The molecule has 0 saturated carbocycles. The van der Waals surface area contributed by atoms with Gasteiger partial charge in [0, 0.05) is 50.7 Å². The molecule has 0 unspecified atom stereocenters. The summed E-state index contributed by atoms with van der Waals surface area (Å²) in [7, 11) is 3.47. The van der Waals surface area contributed by atoms with E-state index in [9.17, 15) is 4.79 Å². The number of rotatable bonds is 5. The third-order valence-corrected chi connectivity index (χ3v) is 4.81. The summed E-state index contributed by atoms with van der Waals surface area (Å²) >= 11 is 5.37. The van der Waals surface area contributed by atoms with Gasteiger partial charge in [0.2, 0.25) is 0 Å². The second-order valence-corrected chi connectivity index (χ2v) is 7.26. The zero-order chi connectivity index (χ0) is 19.9. The van der Waals surface area contributed by atoms with Crippen molar-refractivity contribution in [3.63, 3.8) is 0 Å². The molecule has 7 heteroatoms. The van der Waals surface area contributed by atoms with Gasteiger partial charge in [-0.15, -0.1) is 0 Å². The Morgan fingerprint density at radius 1 is 1.07 bits per heavy atom. The van der Waals surface area contributed by atoms with E-state index in [0.29, 0.717) is 17.2 Å². The maximum Gasteiger partial charge on any atom is 0.253 e. The van der Waals surface area contributed by atoms with Gasteiger partial charge in [-0.25, -0.2) is 0 Å². The third kappa shape index (κ3) is 5.43. The molecule has 1 aliphatic rings. The molecule has 0 aliphatic carbocycles. The van der Waals surface area contributed by atoms with Gasteiger partial charge in [-0.3, -0.25) is 4.79 Å². The van der Waals surface area contributed by atoms with Crippen molar-refractivity contribution in [2.45, 2.75) is 6.54 Å². The van der Waals surface area contributed by atoms with E-state index in [1.807, 2.05) is 12.1 Å². The van der Waals surface area contributed by atoms with Crippen LogP contribution in [0.4, 0.5) is 11.4 Å². The van der Waals surface area contributed by atoms with Crippen LogP contribution in [0.5, 0.6) is 0 Å². The average molecular weight is 399 g/mol. The van der Waals surface area contributed by atoms with Crippen LogP contribution in [0.2, 0.25) is 0 Å². The monoisotopic (exact) mass is 398 g/mol. The molecule has 6 nitrogen and oxygen atoms in total. The number of nitrogens with one attached hydrogen (secondary N) is 2. The highest BCUT2D eigenvalue weighted by atomic mass is 32.1. The Morgan fingerprint density at radius 2 is 1.71 bits per heavy atom. The van der Waals surface area contributed by atoms with Crippen LogP contribution in [-0.4, -0.2) is 56.3 Å². The summed E-state index contributed by atoms with van der Waals surface area (Å²) in [6.45, 7) is 4.09. The van der Waals surface area contributed by atoms with Crippen LogP contribution >= 0.6 is 12.2 Å². The fraction of sp³-hybridized carbons (Fsp3) is 0.333. The van der Waals surface area contributed by atoms with Crippen molar-refractivity contribution in [1.82, 2.24) is 10.2 Å². The lowest BCUT2D eigenvalue weighted by molar-refractivity contribution is 0.0827. The molecule has 1 amide bonds. The Morgan fingerprint density at radius 3 is 2.32 bits per heavy atom. The number of thiocarbonyl (C=S) groups is 1. The summed E-state index contributed by atoms with van der Waals surface area (Å²) in [6, 6.07) is 15.8. The Bertz CT molecular complexity index is 800. The van der Waals surface area contributed by atoms with Gasteiger partial charge >= 0.3 is 0 Å². The topological polar surface area (TPSA) is 56.8 Å². The predicted molar refractivity (Wildman–Crippen MR) is 117 cm³/mol. The van der Waals surface area contributed by atoms with Crippen molar-refractivity contribution in [3.8, 4) is 0 Å². The van der Waals surface area contributed by atoms with E-state index in [2.05, 4.69) is 39.8 Å². The summed E-state index contributed by atoms with van der Waals surface area (Å²) in [5, 5.41) is 6.90. The largest absolute Gasteiger partial charge is 0.378 e. The van der Waals surface area contributed by atoms with E-state index in [4.69, 9.17) is 17.0 Å². The van der Waals surface area contributed by atoms with E-state index in [0.717, 1.165) is 37.6 Å². The first kappa shape index (κ1) is 20.1. The van der Waals surface area contributed by atoms with Crippen LogP contribution in [0.3, 0.4) is 0 Å². The van der Waals surface area contributed by atoms with Crippen molar-refractivity contribution in [3.05, 3.63) is 59.7 Å². The zero-order valence-electron chi connectivity index (χ0n) is 16.3. The molecule has 0 spiro atoms. The number of nitrogens with zero attached hydrogens (tertiary/aromatic N) is 2. The number of benzene rings is 2. The molecule has 28 heavy (non-hydrogen) atoms. The summed E-state index contributed by atoms with van der Waals surface area (Å²) in [5.41, 5.74) is 3.87. The number of carbonyl (C=O) groups is 1. The lowest BCUT2D eigenvalue weighted by Gasteiger charge is -2.28. The smallest absolute Gasteiger partial charge is 0.253 e. The number of carbonyl (C=O) groups excluding carboxylic acids is 1. The molecule has 2 aromatic carbocycles. The molecular weight excluding hydrogens is 372 g/mol. The highest BCUT2D eigenvalue weighted by molar-refractivity contribution is 7.80. The molecule has 1 fully saturated rings. The van der Waals surface area contributed by atoms with Crippen molar-refractivity contribution in [1.29, 1.82) is 0 Å². The maximum absolute atomic E-state index is 11.9. The number of hydrogen-bond acceptors (Lipinski definition) is 4. The van der Waals surface area contributed by atoms with Gasteiger partial charge in [0.1, 0.15) is 0 Å². The summed E-state index contributed by atoms with van der Waals surface area (Å²) in [4.78, 5) is 15.8. The molecule has 1 saturated heterocycles. The van der Waals surface area contributed by atoms with Crippen LogP contribution in [-0.2, 0) is 11.3 Å². The van der Waals surface area contributed by atoms with Crippen LogP contribution in [0.25, 0.3) is 0 Å². The van der Waals surface area contributed by atoms with Crippen molar-refractivity contribution < 1.29 is 9.53 Å². The summed E-state index contributed by atoms with van der Waals surface area (Å²) < 4.78 is 5.40. The van der Waals surface area contributed by atoms with Crippen LogP contribution in [0, 0.1) is 0 Å². The molecule has 1 aliphatic heterocycles. The normalized spacial score (nSPS) is 13.7. The van der Waals surface area contributed by atoms with Crippen LogP contribution < -0.4 is 15.5 Å². The molecular formula is C21H26N4O2S. The molecule has 0 bridgehead atoms. The minimum absolute atomic E-state index is 0.0206. The Kier molecular flexibility index (Phi) is 6.84. The molecule has 0 radical (unpaired) electrons. The second kappa shape index (κ2) is 9.52. The lowest BCUT2D eigenvalue weighted by Crippen LogP contribution is -2.36. The molecule has 0 atom stereocenters. The minimum atomic E-state index is -0.0206. The standard InChI is InChI=1S/C21H26N4O2S/c1-24(2)20(26)17-5-7-18(8-6-17)23-21(28)22-15-16-3-9-19(10-4-16)25-11-13-27-14-12-25/h3-10H,11-15H2,1-2H3,(H2,22,23,28). The van der Waals surface area contributed by atoms with Gasteiger partial charge in [0.15, 0.2) is 5.11 Å². The highest BCUT2D eigenvalue weighted by Gasteiger charge is 2.11. The third-order valence-electron chi connectivity index (χ3n) is 4.56.